The zero-order chi connectivity index (χ0) is 12.7. The molecule has 3 nitrogen and oxygen atoms in total. The fourth-order valence-corrected chi connectivity index (χ4v) is 2.67. The largest absolute Gasteiger partial charge is 0.464 e. The first-order chi connectivity index (χ1) is 8.74. The van der Waals surface area contributed by atoms with Crippen molar-refractivity contribution in [1.82, 2.24) is 0 Å². The molecule has 0 amide bonds. The van der Waals surface area contributed by atoms with Crippen LogP contribution in [0.1, 0.15) is 24.8 Å². The first-order valence-electron chi connectivity index (χ1n) is 5.73. The van der Waals surface area contributed by atoms with Crippen LogP contribution in [0.15, 0.2) is 33.5 Å². The highest BCUT2D eigenvalue weighted by atomic mass is 35.5. The third kappa shape index (κ3) is 1.47. The first kappa shape index (κ1) is 11.4. The van der Waals surface area contributed by atoms with Gasteiger partial charge in [0, 0.05) is 22.8 Å². The van der Waals surface area contributed by atoms with Gasteiger partial charge in [-0.15, -0.1) is 0 Å². The summed E-state index contributed by atoms with van der Waals surface area (Å²) in [5, 5.41) is 2.30. The molecule has 2 heterocycles. The maximum absolute atomic E-state index is 10.7. The lowest BCUT2D eigenvalue weighted by molar-refractivity contribution is -0.108. The Morgan fingerprint density at radius 2 is 1.89 bits per heavy atom. The zero-order valence-electron chi connectivity index (χ0n) is 9.77. The summed E-state index contributed by atoms with van der Waals surface area (Å²) in [6, 6.07) is 3.68. The Labute approximate surface area is 108 Å². The average molecular weight is 263 g/mol. The Morgan fingerprint density at radius 3 is 2.61 bits per heavy atom. The molecular formula is C14H11ClO3. The van der Waals surface area contributed by atoms with Crippen molar-refractivity contribution in [3.8, 4) is 0 Å². The molecule has 0 saturated heterocycles. The summed E-state index contributed by atoms with van der Waals surface area (Å²) in [7, 11) is 0. The Balaban J connectivity index is 2.43. The molecule has 0 aliphatic rings. The molecule has 2 aromatic heterocycles. The van der Waals surface area contributed by atoms with Crippen LogP contribution in [0.5, 0.6) is 0 Å². The second kappa shape index (κ2) is 4.18. The van der Waals surface area contributed by atoms with E-state index in [1.165, 1.54) is 0 Å². The van der Waals surface area contributed by atoms with Crippen molar-refractivity contribution in [2.45, 2.75) is 19.3 Å². The van der Waals surface area contributed by atoms with E-state index in [-0.39, 0.29) is 5.92 Å². The van der Waals surface area contributed by atoms with Gasteiger partial charge in [0.2, 0.25) is 0 Å². The number of halogens is 1. The molecule has 0 spiro atoms. The van der Waals surface area contributed by atoms with E-state index in [4.69, 9.17) is 20.4 Å². The predicted molar refractivity (Wildman–Crippen MR) is 70.1 cm³/mol. The third-order valence-electron chi connectivity index (χ3n) is 3.24. The molecular weight excluding hydrogens is 252 g/mol. The number of benzene rings is 1. The van der Waals surface area contributed by atoms with E-state index >= 15 is 0 Å². The van der Waals surface area contributed by atoms with Crippen LogP contribution in [0.4, 0.5) is 0 Å². The Morgan fingerprint density at radius 1 is 1.22 bits per heavy atom. The van der Waals surface area contributed by atoms with Crippen LogP contribution in [0.3, 0.4) is 0 Å². The minimum atomic E-state index is 0.0634. The smallest absolute Gasteiger partial charge is 0.153 e. The molecule has 4 heteroatoms. The predicted octanol–water partition coefficient (Wildman–Crippen LogP) is 4.52. The fraction of sp³-hybridized carbons (Fsp3) is 0.214. The molecule has 92 valence electrons. The highest BCUT2D eigenvalue weighted by Gasteiger charge is 2.21. The van der Waals surface area contributed by atoms with Crippen molar-refractivity contribution >= 4 is 39.8 Å². The van der Waals surface area contributed by atoms with Crippen LogP contribution in [0, 0.1) is 0 Å². The van der Waals surface area contributed by atoms with Crippen LogP contribution in [-0.4, -0.2) is 6.29 Å². The zero-order valence-corrected chi connectivity index (χ0v) is 10.5. The normalized spacial score (nSPS) is 13.2. The summed E-state index contributed by atoms with van der Waals surface area (Å²) in [6.07, 6.45) is 4.57. The van der Waals surface area contributed by atoms with Crippen molar-refractivity contribution < 1.29 is 13.6 Å². The lowest BCUT2D eigenvalue weighted by Gasteiger charge is -2.11. The number of hydrogen-bond acceptors (Lipinski definition) is 3. The standard InChI is InChI=1S/C14H11ClO3/c1-8(2-5-16)11-9-3-6-18-14(9)12(15)10-4-7-17-13(10)11/h3-8H,2H2,1H3. The molecule has 0 N–H and O–H groups in total. The first-order valence-corrected chi connectivity index (χ1v) is 6.11. The minimum absolute atomic E-state index is 0.0634. The molecule has 1 unspecified atom stereocenters. The Kier molecular flexibility index (Phi) is 2.63. The number of carbonyl (C=O) groups is 1. The summed E-state index contributed by atoms with van der Waals surface area (Å²) >= 11 is 6.29. The lowest BCUT2D eigenvalue weighted by Crippen LogP contribution is -1.96. The highest BCUT2D eigenvalue weighted by Crippen LogP contribution is 2.41. The quantitative estimate of drug-likeness (QED) is 0.652. The van der Waals surface area contributed by atoms with Crippen molar-refractivity contribution in [1.29, 1.82) is 0 Å². The van der Waals surface area contributed by atoms with E-state index in [1.54, 1.807) is 12.5 Å². The SMILES string of the molecule is CC(CC=O)c1c2ccoc2c(Cl)c2ccoc12. The molecule has 1 atom stereocenters. The van der Waals surface area contributed by atoms with Gasteiger partial charge in [-0.2, -0.15) is 0 Å². The van der Waals surface area contributed by atoms with Gasteiger partial charge in [0.15, 0.2) is 5.58 Å². The van der Waals surface area contributed by atoms with Crippen LogP contribution in [0.2, 0.25) is 5.02 Å². The van der Waals surface area contributed by atoms with Crippen LogP contribution >= 0.6 is 11.6 Å². The number of rotatable bonds is 3. The van der Waals surface area contributed by atoms with Crippen molar-refractivity contribution in [3.05, 3.63) is 35.2 Å². The van der Waals surface area contributed by atoms with Crippen LogP contribution in [-0.2, 0) is 4.79 Å². The lowest BCUT2D eigenvalue weighted by atomic mass is 9.93. The molecule has 0 saturated carbocycles. The average Bonchev–Trinajstić information content (AvgIpc) is 2.97. The van der Waals surface area contributed by atoms with Crippen molar-refractivity contribution in [2.24, 2.45) is 0 Å². The van der Waals surface area contributed by atoms with Crippen LogP contribution < -0.4 is 0 Å². The Hall–Kier alpha value is -1.74. The number of hydrogen-bond donors (Lipinski definition) is 0. The molecule has 0 radical (unpaired) electrons. The topological polar surface area (TPSA) is 43.4 Å². The van der Waals surface area contributed by atoms with Crippen LogP contribution in [0.25, 0.3) is 21.9 Å². The minimum Gasteiger partial charge on any atom is -0.464 e. The van der Waals surface area contributed by atoms with Crippen molar-refractivity contribution in [2.75, 3.05) is 0 Å². The van der Waals surface area contributed by atoms with E-state index in [0.717, 1.165) is 28.2 Å². The second-order valence-electron chi connectivity index (χ2n) is 4.36. The van der Waals surface area contributed by atoms with Gasteiger partial charge in [0.25, 0.3) is 0 Å². The molecule has 1 aromatic carbocycles. The summed E-state index contributed by atoms with van der Waals surface area (Å²) < 4.78 is 11.0. The number of carbonyl (C=O) groups excluding carboxylic acids is 1. The van der Waals surface area contributed by atoms with Gasteiger partial charge in [-0.3, -0.25) is 0 Å². The molecule has 18 heavy (non-hydrogen) atoms. The van der Waals surface area contributed by atoms with E-state index in [2.05, 4.69) is 0 Å². The van der Waals surface area contributed by atoms with E-state index in [0.29, 0.717) is 17.0 Å². The fourth-order valence-electron chi connectivity index (χ4n) is 2.38. The molecule has 3 rings (SSSR count). The molecule has 0 fully saturated rings. The van der Waals surface area contributed by atoms with Gasteiger partial charge in [0.05, 0.1) is 17.5 Å². The molecule has 0 bridgehead atoms. The maximum Gasteiger partial charge on any atom is 0.153 e. The number of aldehydes is 1. The monoisotopic (exact) mass is 262 g/mol. The summed E-state index contributed by atoms with van der Waals surface area (Å²) in [5.74, 6) is 0.0634. The summed E-state index contributed by atoms with van der Waals surface area (Å²) in [4.78, 5) is 10.7. The van der Waals surface area contributed by atoms with Gasteiger partial charge in [0.1, 0.15) is 11.9 Å². The highest BCUT2D eigenvalue weighted by molar-refractivity contribution is 6.40. The third-order valence-corrected chi connectivity index (χ3v) is 3.62. The van der Waals surface area contributed by atoms with E-state index in [9.17, 15) is 4.79 Å². The van der Waals surface area contributed by atoms with E-state index < -0.39 is 0 Å². The molecule has 0 aliphatic carbocycles. The van der Waals surface area contributed by atoms with Gasteiger partial charge in [-0.1, -0.05) is 18.5 Å². The van der Waals surface area contributed by atoms with Crippen molar-refractivity contribution in [3.63, 3.8) is 0 Å². The number of fused-ring (bicyclic) bond motifs is 2. The second-order valence-corrected chi connectivity index (χ2v) is 4.74. The summed E-state index contributed by atoms with van der Waals surface area (Å²) in [5.41, 5.74) is 2.37. The number of furan rings is 2. The summed E-state index contributed by atoms with van der Waals surface area (Å²) in [6.45, 7) is 1.99. The molecule has 3 aromatic rings. The Bertz CT molecular complexity index is 671. The van der Waals surface area contributed by atoms with Gasteiger partial charge in [-0.25, -0.2) is 0 Å². The maximum atomic E-state index is 10.7. The van der Waals surface area contributed by atoms with Gasteiger partial charge in [-0.05, 0) is 18.1 Å². The van der Waals surface area contributed by atoms with Gasteiger partial charge < -0.3 is 13.6 Å². The van der Waals surface area contributed by atoms with E-state index in [1.807, 2.05) is 19.1 Å². The van der Waals surface area contributed by atoms with Gasteiger partial charge >= 0.3 is 0 Å². The molecule has 0 aliphatic heterocycles.